The second-order valence-corrected chi connectivity index (χ2v) is 10.6. The summed E-state index contributed by atoms with van der Waals surface area (Å²) in [6.45, 7) is 8.34. The minimum absolute atomic E-state index is 0.302. The molecule has 1 aromatic heterocycles. The Balaban J connectivity index is 1.36. The van der Waals surface area contributed by atoms with Gasteiger partial charge in [0.15, 0.2) is 0 Å². The Kier molecular flexibility index (Phi) is 8.06. The minimum atomic E-state index is 0.302. The average Bonchev–Trinajstić information content (AvgIpc) is 3.63. The van der Waals surface area contributed by atoms with Crippen LogP contribution >= 0.6 is 11.6 Å². The first kappa shape index (κ1) is 25.4. The summed E-state index contributed by atoms with van der Waals surface area (Å²) >= 11 is 6.78. The lowest BCUT2D eigenvalue weighted by Gasteiger charge is -2.28. The van der Waals surface area contributed by atoms with E-state index in [0.717, 1.165) is 99.3 Å². The fourth-order valence-electron chi connectivity index (χ4n) is 5.69. The highest BCUT2D eigenvalue weighted by Crippen LogP contribution is 2.36. The van der Waals surface area contributed by atoms with E-state index in [4.69, 9.17) is 31.5 Å². The van der Waals surface area contributed by atoms with Crippen molar-refractivity contribution in [2.45, 2.75) is 70.1 Å². The molecule has 1 aromatic carbocycles. The molecular formula is C27H37ClN6O2. The van der Waals surface area contributed by atoms with E-state index in [2.05, 4.69) is 33.5 Å². The van der Waals surface area contributed by atoms with Crippen molar-refractivity contribution >= 4 is 35.1 Å². The maximum Gasteiger partial charge on any atom is 0.136 e. The lowest BCUT2D eigenvalue weighted by Crippen LogP contribution is -2.37. The number of hydrogen-bond acceptors (Lipinski definition) is 8. The summed E-state index contributed by atoms with van der Waals surface area (Å²) in [4.78, 5) is 11.7. The molecule has 9 heteroatoms. The Hall–Kier alpha value is -2.26. The first-order valence-electron chi connectivity index (χ1n) is 13.2. The normalized spacial score (nSPS) is 23.9. The Labute approximate surface area is 218 Å². The van der Waals surface area contributed by atoms with E-state index in [1.807, 2.05) is 19.1 Å². The van der Waals surface area contributed by atoms with Crippen LogP contribution in [0.2, 0.25) is 5.02 Å². The van der Waals surface area contributed by atoms with Crippen LogP contribution in [0, 0.1) is 12.3 Å². The highest BCUT2D eigenvalue weighted by molar-refractivity contribution is 6.32. The van der Waals surface area contributed by atoms with E-state index in [-0.39, 0.29) is 0 Å². The highest BCUT2D eigenvalue weighted by Gasteiger charge is 2.39. The van der Waals surface area contributed by atoms with Crippen LogP contribution in [-0.4, -0.2) is 67.3 Å². The molecule has 2 bridgehead atoms. The second kappa shape index (κ2) is 11.4. The number of morpholine rings is 1. The Morgan fingerprint density at radius 3 is 2.83 bits per heavy atom. The molecule has 3 aliphatic heterocycles. The molecule has 8 nitrogen and oxygen atoms in total. The third-order valence-electron chi connectivity index (χ3n) is 7.54. The predicted octanol–water partition coefficient (Wildman–Crippen LogP) is 4.81. The zero-order chi connectivity index (χ0) is 25.1. The van der Waals surface area contributed by atoms with Crippen LogP contribution in [0.5, 0.6) is 0 Å². The van der Waals surface area contributed by atoms with E-state index in [9.17, 15) is 0 Å². The van der Waals surface area contributed by atoms with Crippen molar-refractivity contribution in [1.82, 2.24) is 15.3 Å². The molecule has 3 aliphatic rings. The largest absolute Gasteiger partial charge is 0.380 e. The first-order chi connectivity index (χ1) is 17.5. The van der Waals surface area contributed by atoms with Crippen LogP contribution in [0.1, 0.15) is 61.9 Å². The van der Waals surface area contributed by atoms with Gasteiger partial charge >= 0.3 is 0 Å². The van der Waals surface area contributed by atoms with Crippen LogP contribution in [0.25, 0.3) is 0 Å². The number of ether oxygens (including phenoxy) is 2. The van der Waals surface area contributed by atoms with Gasteiger partial charge in [-0.05, 0) is 62.8 Å². The molecule has 3 fully saturated rings. The van der Waals surface area contributed by atoms with E-state index in [1.165, 1.54) is 6.21 Å². The van der Waals surface area contributed by atoms with Gasteiger partial charge in [0.05, 0.1) is 25.4 Å². The summed E-state index contributed by atoms with van der Waals surface area (Å²) in [5.74, 6) is 2.71. The summed E-state index contributed by atoms with van der Waals surface area (Å²) < 4.78 is 11.3. The van der Waals surface area contributed by atoms with Gasteiger partial charge in [-0.15, -0.1) is 0 Å². The summed E-state index contributed by atoms with van der Waals surface area (Å²) in [7, 11) is 0. The van der Waals surface area contributed by atoms with E-state index >= 15 is 0 Å². The van der Waals surface area contributed by atoms with Crippen molar-refractivity contribution in [2.75, 3.05) is 43.1 Å². The SMILES string of the molecule is CCCC(CCNC1CCOC1)c1cc(Nc2cc(N3CC4CC3CO4)nc(C)n2)c(C=N)cc1Cl. The molecule has 36 heavy (non-hydrogen) atoms. The number of halogens is 1. The minimum Gasteiger partial charge on any atom is -0.380 e. The highest BCUT2D eigenvalue weighted by atomic mass is 35.5. The molecule has 0 spiro atoms. The summed E-state index contributed by atoms with van der Waals surface area (Å²) in [5, 5.41) is 15.8. The lowest BCUT2D eigenvalue weighted by atomic mass is 9.90. The van der Waals surface area contributed by atoms with Gasteiger partial charge in [-0.25, -0.2) is 9.97 Å². The molecule has 0 saturated carbocycles. The number of anilines is 3. The molecule has 0 radical (unpaired) electrons. The number of hydrogen-bond donors (Lipinski definition) is 3. The van der Waals surface area contributed by atoms with E-state index in [0.29, 0.717) is 29.1 Å². The summed E-state index contributed by atoms with van der Waals surface area (Å²) in [5.41, 5.74) is 2.71. The number of nitrogens with zero attached hydrogens (tertiary/aromatic N) is 3. The van der Waals surface area contributed by atoms with Crippen LogP contribution in [0.15, 0.2) is 18.2 Å². The smallest absolute Gasteiger partial charge is 0.136 e. The molecule has 5 rings (SSSR count). The van der Waals surface area contributed by atoms with Gasteiger partial charge in [-0.1, -0.05) is 24.9 Å². The van der Waals surface area contributed by atoms with Crippen molar-refractivity contribution in [1.29, 1.82) is 5.41 Å². The third-order valence-corrected chi connectivity index (χ3v) is 7.87. The van der Waals surface area contributed by atoms with Gasteiger partial charge < -0.3 is 30.4 Å². The standard InChI is InChI=1S/C27H37ClN6O2/c1-3-4-18(5-7-30-20-6-8-35-15-20)23-11-25(19(13-29)9-24(23)28)33-26-12-27(32-17(2)31-26)34-14-22-10-21(34)16-36-22/h9,11-13,18,20-22,29-30H,3-8,10,14-16H2,1-2H3,(H,31,32,33). The Morgan fingerprint density at radius 1 is 1.25 bits per heavy atom. The number of aryl methyl sites for hydroxylation is 1. The molecule has 4 heterocycles. The van der Waals surface area contributed by atoms with Gasteiger partial charge in [-0.3, -0.25) is 0 Å². The maximum atomic E-state index is 7.99. The fraction of sp³-hybridized carbons (Fsp3) is 0.593. The fourth-order valence-corrected chi connectivity index (χ4v) is 6.01. The van der Waals surface area contributed by atoms with E-state index in [1.54, 1.807) is 0 Å². The molecule has 0 aliphatic carbocycles. The monoisotopic (exact) mass is 512 g/mol. The summed E-state index contributed by atoms with van der Waals surface area (Å²) in [6, 6.07) is 6.86. The zero-order valence-electron chi connectivity index (χ0n) is 21.2. The van der Waals surface area contributed by atoms with Crippen molar-refractivity contribution < 1.29 is 9.47 Å². The number of benzene rings is 1. The number of nitrogens with one attached hydrogen (secondary N) is 3. The van der Waals surface area contributed by atoms with Gasteiger partial charge in [-0.2, -0.15) is 0 Å². The first-order valence-corrected chi connectivity index (χ1v) is 13.6. The summed E-state index contributed by atoms with van der Waals surface area (Å²) in [6.07, 6.45) is 6.93. The van der Waals surface area contributed by atoms with Crippen molar-refractivity contribution in [3.63, 3.8) is 0 Å². The molecule has 3 saturated heterocycles. The van der Waals surface area contributed by atoms with Gasteiger partial charge in [0.1, 0.15) is 17.5 Å². The molecule has 0 amide bonds. The topological polar surface area (TPSA) is 95.4 Å². The van der Waals surface area contributed by atoms with Gasteiger partial charge in [0.25, 0.3) is 0 Å². The molecule has 4 atom stereocenters. The Morgan fingerprint density at radius 2 is 2.14 bits per heavy atom. The quantitative estimate of drug-likeness (QED) is 0.372. The Bertz CT molecular complexity index is 1080. The van der Waals surface area contributed by atoms with Crippen molar-refractivity contribution in [3.05, 3.63) is 40.2 Å². The third kappa shape index (κ3) is 5.67. The number of fused-ring (bicyclic) bond motifs is 2. The molecule has 3 N–H and O–H groups in total. The maximum absolute atomic E-state index is 7.99. The van der Waals surface area contributed by atoms with Crippen molar-refractivity contribution in [3.8, 4) is 0 Å². The van der Waals surface area contributed by atoms with Crippen molar-refractivity contribution in [2.24, 2.45) is 0 Å². The van der Waals surface area contributed by atoms with Crippen LogP contribution < -0.4 is 15.5 Å². The predicted molar refractivity (Wildman–Crippen MR) is 144 cm³/mol. The molecule has 194 valence electrons. The zero-order valence-corrected chi connectivity index (χ0v) is 22.0. The van der Waals surface area contributed by atoms with Gasteiger partial charge in [0, 0.05) is 47.7 Å². The van der Waals surface area contributed by atoms with Crippen LogP contribution in [0.3, 0.4) is 0 Å². The average molecular weight is 513 g/mol. The number of rotatable bonds is 11. The van der Waals surface area contributed by atoms with Crippen LogP contribution in [0.4, 0.5) is 17.3 Å². The number of aromatic nitrogens is 2. The second-order valence-electron chi connectivity index (χ2n) is 10.2. The molecule has 4 unspecified atom stereocenters. The van der Waals surface area contributed by atoms with Crippen LogP contribution in [-0.2, 0) is 9.47 Å². The van der Waals surface area contributed by atoms with E-state index < -0.39 is 0 Å². The molecular weight excluding hydrogens is 476 g/mol. The van der Waals surface area contributed by atoms with Gasteiger partial charge in [0.2, 0.25) is 0 Å². The lowest BCUT2D eigenvalue weighted by molar-refractivity contribution is 0.0989. The molecule has 2 aromatic rings.